The second-order valence-corrected chi connectivity index (χ2v) is 5.07. The molecule has 0 aliphatic rings. The molecule has 0 aromatic heterocycles. The summed E-state index contributed by atoms with van der Waals surface area (Å²) in [5, 5.41) is -3.24. The maximum atomic E-state index is 13.4. The van der Waals surface area contributed by atoms with Crippen LogP contribution < -0.4 is 0 Å². The van der Waals surface area contributed by atoms with E-state index in [4.69, 9.17) is 0 Å². The lowest BCUT2D eigenvalue weighted by atomic mass is 10.3. The molecule has 1 aromatic rings. The third kappa shape index (κ3) is 3.33. The Kier molecular flexibility index (Phi) is 4.53. The van der Waals surface area contributed by atoms with Gasteiger partial charge in [-0.25, -0.2) is 8.60 Å². The van der Waals surface area contributed by atoms with Gasteiger partial charge >= 0.3 is 5.25 Å². The van der Waals surface area contributed by atoms with E-state index in [1.54, 1.807) is 6.92 Å². The minimum Gasteiger partial charge on any atom is -0.248 e. The molecule has 90 valence electrons. The van der Waals surface area contributed by atoms with Crippen molar-refractivity contribution in [3.05, 3.63) is 30.1 Å². The number of halogens is 3. The fraction of sp³-hybridized carbons (Fsp3) is 0.455. The minimum atomic E-state index is -3.24. The molecular weight excluding hydrogens is 237 g/mol. The fourth-order valence-corrected chi connectivity index (χ4v) is 2.26. The first kappa shape index (κ1) is 13.2. The van der Waals surface area contributed by atoms with Gasteiger partial charge in [0.25, 0.3) is 0 Å². The Balaban J connectivity index is 2.80. The highest BCUT2D eigenvalue weighted by atomic mass is 32.2. The van der Waals surface area contributed by atoms with E-state index in [0.29, 0.717) is 12.8 Å². The molecule has 0 radical (unpaired) electrons. The van der Waals surface area contributed by atoms with Gasteiger partial charge in [0, 0.05) is 11.3 Å². The summed E-state index contributed by atoms with van der Waals surface area (Å²) in [7, 11) is -2.40. The van der Waals surface area contributed by atoms with Crippen LogP contribution in [0.4, 0.5) is 13.2 Å². The second kappa shape index (κ2) is 5.48. The van der Waals surface area contributed by atoms with Gasteiger partial charge in [-0.3, -0.25) is 0 Å². The third-order valence-electron chi connectivity index (χ3n) is 2.12. The van der Waals surface area contributed by atoms with E-state index in [-0.39, 0.29) is 4.90 Å². The smallest absolute Gasteiger partial charge is 0.248 e. The SMILES string of the molecule is CCCCC(F)(F)S(=O)c1ccc(F)cc1. The predicted octanol–water partition coefficient (Wildman–Crippen LogP) is 3.72. The summed E-state index contributed by atoms with van der Waals surface area (Å²) in [5.74, 6) is -0.530. The van der Waals surface area contributed by atoms with Crippen molar-refractivity contribution in [1.29, 1.82) is 0 Å². The predicted molar refractivity (Wildman–Crippen MR) is 57.3 cm³/mol. The Morgan fingerprint density at radius 1 is 1.25 bits per heavy atom. The quantitative estimate of drug-likeness (QED) is 0.778. The average Bonchev–Trinajstić information content (AvgIpc) is 2.26. The van der Waals surface area contributed by atoms with E-state index in [9.17, 15) is 17.4 Å². The lowest BCUT2D eigenvalue weighted by molar-refractivity contribution is 0.0861. The molecule has 5 heteroatoms. The monoisotopic (exact) mass is 250 g/mol. The molecule has 1 atom stereocenters. The van der Waals surface area contributed by atoms with Crippen LogP contribution in [0.25, 0.3) is 0 Å². The number of hydrogen-bond acceptors (Lipinski definition) is 1. The van der Waals surface area contributed by atoms with Gasteiger partial charge in [-0.1, -0.05) is 13.3 Å². The highest BCUT2D eigenvalue weighted by Crippen LogP contribution is 2.30. The zero-order valence-electron chi connectivity index (χ0n) is 8.88. The molecule has 1 aromatic carbocycles. The number of unbranched alkanes of at least 4 members (excludes halogenated alkanes) is 1. The van der Waals surface area contributed by atoms with Gasteiger partial charge in [0.05, 0.1) is 0 Å². The summed E-state index contributed by atoms with van der Waals surface area (Å²) in [6.45, 7) is 1.79. The van der Waals surface area contributed by atoms with Crippen LogP contribution in [-0.4, -0.2) is 9.46 Å². The first-order chi connectivity index (χ1) is 7.47. The first-order valence-electron chi connectivity index (χ1n) is 5.02. The molecule has 0 N–H and O–H groups in total. The highest BCUT2D eigenvalue weighted by Gasteiger charge is 2.36. The molecule has 0 bridgehead atoms. The zero-order valence-corrected chi connectivity index (χ0v) is 9.70. The standard InChI is InChI=1S/C11H13F3OS/c1-2-3-8-11(13,14)16(15)10-6-4-9(12)5-7-10/h4-7H,2-3,8H2,1H3. The molecule has 0 heterocycles. The Morgan fingerprint density at radius 3 is 2.31 bits per heavy atom. The van der Waals surface area contributed by atoms with Crippen LogP contribution in [-0.2, 0) is 10.8 Å². The molecule has 1 nitrogen and oxygen atoms in total. The van der Waals surface area contributed by atoms with Gasteiger partial charge in [-0.2, -0.15) is 8.78 Å². The lowest BCUT2D eigenvalue weighted by Gasteiger charge is -2.15. The van der Waals surface area contributed by atoms with Crippen molar-refractivity contribution in [2.24, 2.45) is 0 Å². The lowest BCUT2D eigenvalue weighted by Crippen LogP contribution is -2.23. The van der Waals surface area contributed by atoms with E-state index < -0.39 is 28.3 Å². The fourth-order valence-electron chi connectivity index (χ4n) is 1.21. The molecule has 0 amide bonds. The summed E-state index contributed by atoms with van der Waals surface area (Å²) in [5.41, 5.74) is 0. The average molecular weight is 250 g/mol. The van der Waals surface area contributed by atoms with Crippen molar-refractivity contribution in [1.82, 2.24) is 0 Å². The molecular formula is C11H13F3OS. The summed E-state index contributed by atoms with van der Waals surface area (Å²) >= 11 is 0. The molecule has 0 saturated carbocycles. The molecule has 0 aliphatic carbocycles. The van der Waals surface area contributed by atoms with Gasteiger partial charge in [0.15, 0.2) is 0 Å². The number of benzene rings is 1. The largest absolute Gasteiger partial charge is 0.325 e. The van der Waals surface area contributed by atoms with Gasteiger partial charge in [-0.05, 0) is 30.7 Å². The topological polar surface area (TPSA) is 17.1 Å². The van der Waals surface area contributed by atoms with Crippen molar-refractivity contribution in [2.75, 3.05) is 0 Å². The highest BCUT2D eigenvalue weighted by molar-refractivity contribution is 7.86. The van der Waals surface area contributed by atoms with Gasteiger partial charge in [0.2, 0.25) is 0 Å². The van der Waals surface area contributed by atoms with Crippen LogP contribution in [0.1, 0.15) is 26.2 Å². The normalized spacial score (nSPS) is 13.8. The molecule has 1 rings (SSSR count). The van der Waals surface area contributed by atoms with Crippen LogP contribution in [0.15, 0.2) is 29.2 Å². The van der Waals surface area contributed by atoms with Crippen LogP contribution in [0.2, 0.25) is 0 Å². The molecule has 1 unspecified atom stereocenters. The van der Waals surface area contributed by atoms with Crippen molar-refractivity contribution in [3.8, 4) is 0 Å². The summed E-state index contributed by atoms with van der Waals surface area (Å²) in [6, 6.07) is 4.32. The van der Waals surface area contributed by atoms with Crippen molar-refractivity contribution < 1.29 is 17.4 Å². The van der Waals surface area contributed by atoms with Crippen LogP contribution in [0, 0.1) is 5.82 Å². The molecule has 0 aliphatic heterocycles. The second-order valence-electron chi connectivity index (χ2n) is 3.46. The Morgan fingerprint density at radius 2 is 1.81 bits per heavy atom. The Labute approximate surface area is 95.1 Å². The zero-order chi connectivity index (χ0) is 12.2. The van der Waals surface area contributed by atoms with E-state index in [1.165, 1.54) is 0 Å². The minimum absolute atomic E-state index is 0.0393. The van der Waals surface area contributed by atoms with Crippen molar-refractivity contribution >= 4 is 10.8 Å². The molecule has 16 heavy (non-hydrogen) atoms. The van der Waals surface area contributed by atoms with E-state index in [2.05, 4.69) is 0 Å². The molecule has 0 saturated heterocycles. The number of alkyl halides is 2. The van der Waals surface area contributed by atoms with Crippen LogP contribution in [0.5, 0.6) is 0 Å². The maximum Gasteiger partial charge on any atom is 0.325 e. The maximum absolute atomic E-state index is 13.4. The molecule has 0 spiro atoms. The van der Waals surface area contributed by atoms with Gasteiger partial charge in [-0.15, -0.1) is 0 Å². The number of rotatable bonds is 5. The van der Waals surface area contributed by atoms with Crippen LogP contribution in [0.3, 0.4) is 0 Å². The van der Waals surface area contributed by atoms with Gasteiger partial charge < -0.3 is 0 Å². The molecule has 0 fully saturated rings. The van der Waals surface area contributed by atoms with E-state index in [0.717, 1.165) is 24.3 Å². The Bertz CT molecular complexity index is 362. The summed E-state index contributed by atoms with van der Waals surface area (Å²) in [4.78, 5) is -0.0393. The van der Waals surface area contributed by atoms with Crippen molar-refractivity contribution in [2.45, 2.75) is 36.3 Å². The third-order valence-corrected chi connectivity index (χ3v) is 3.57. The van der Waals surface area contributed by atoms with Crippen molar-refractivity contribution in [3.63, 3.8) is 0 Å². The first-order valence-corrected chi connectivity index (χ1v) is 6.17. The Hall–Kier alpha value is -0.840. The van der Waals surface area contributed by atoms with E-state index in [1.807, 2.05) is 0 Å². The van der Waals surface area contributed by atoms with Gasteiger partial charge in [0.1, 0.15) is 16.6 Å². The van der Waals surface area contributed by atoms with E-state index >= 15 is 0 Å². The summed E-state index contributed by atoms with van der Waals surface area (Å²) < 4.78 is 50.9. The number of hydrogen-bond donors (Lipinski definition) is 0. The van der Waals surface area contributed by atoms with Crippen LogP contribution >= 0.6 is 0 Å². The summed E-state index contributed by atoms with van der Waals surface area (Å²) in [6.07, 6.45) is 0.531.